The summed E-state index contributed by atoms with van der Waals surface area (Å²) in [6.45, 7) is 4.94. The minimum Gasteiger partial charge on any atom is -0.461 e. The zero-order chi connectivity index (χ0) is 16.4. The average molecular weight is 324 g/mol. The van der Waals surface area contributed by atoms with Gasteiger partial charge in [0.25, 0.3) is 0 Å². The highest BCUT2D eigenvalue weighted by molar-refractivity contribution is 5.94. The first-order valence-corrected chi connectivity index (χ1v) is 8.22. The van der Waals surface area contributed by atoms with E-state index in [4.69, 9.17) is 4.42 Å². The SMILES string of the molecule is O=C(CN1CCN(Cc2cn3ccccc3n2)CC1)c1ccco1. The van der Waals surface area contributed by atoms with E-state index in [0.717, 1.165) is 44.1 Å². The summed E-state index contributed by atoms with van der Waals surface area (Å²) in [7, 11) is 0. The van der Waals surface area contributed by atoms with Crippen molar-refractivity contribution in [2.24, 2.45) is 0 Å². The summed E-state index contributed by atoms with van der Waals surface area (Å²) in [5, 5.41) is 0. The Morgan fingerprint density at radius 1 is 1.08 bits per heavy atom. The predicted molar refractivity (Wildman–Crippen MR) is 89.9 cm³/mol. The Morgan fingerprint density at radius 2 is 1.92 bits per heavy atom. The summed E-state index contributed by atoms with van der Waals surface area (Å²) in [5.41, 5.74) is 2.07. The molecule has 4 heterocycles. The number of carbonyl (C=O) groups excluding carboxylic acids is 1. The smallest absolute Gasteiger partial charge is 0.211 e. The van der Waals surface area contributed by atoms with Gasteiger partial charge in [0, 0.05) is 45.1 Å². The van der Waals surface area contributed by atoms with Gasteiger partial charge in [0.15, 0.2) is 5.76 Å². The monoisotopic (exact) mass is 324 g/mol. The molecule has 24 heavy (non-hydrogen) atoms. The first kappa shape index (κ1) is 15.1. The lowest BCUT2D eigenvalue weighted by molar-refractivity contribution is 0.0817. The van der Waals surface area contributed by atoms with Crippen LogP contribution in [0.3, 0.4) is 0 Å². The van der Waals surface area contributed by atoms with E-state index < -0.39 is 0 Å². The van der Waals surface area contributed by atoms with Crippen molar-refractivity contribution in [2.45, 2.75) is 6.54 Å². The van der Waals surface area contributed by atoms with Gasteiger partial charge in [-0.2, -0.15) is 0 Å². The van der Waals surface area contributed by atoms with Crippen LogP contribution in [0, 0.1) is 0 Å². The van der Waals surface area contributed by atoms with E-state index in [2.05, 4.69) is 21.0 Å². The molecule has 3 aromatic heterocycles. The van der Waals surface area contributed by atoms with Gasteiger partial charge in [0.2, 0.25) is 5.78 Å². The van der Waals surface area contributed by atoms with Gasteiger partial charge in [-0.15, -0.1) is 0 Å². The lowest BCUT2D eigenvalue weighted by Gasteiger charge is -2.33. The van der Waals surface area contributed by atoms with E-state index >= 15 is 0 Å². The Bertz CT molecular complexity index is 784. The molecule has 1 aliphatic heterocycles. The van der Waals surface area contributed by atoms with Gasteiger partial charge in [-0.25, -0.2) is 4.98 Å². The standard InChI is InChI=1S/C18H20N4O2/c23-16(17-4-3-11-24-17)14-21-9-7-20(8-10-21)12-15-13-22-6-2-1-5-18(22)19-15/h1-6,11,13H,7-10,12,14H2. The van der Waals surface area contributed by atoms with Crippen LogP contribution in [-0.4, -0.2) is 57.7 Å². The third-order valence-corrected chi connectivity index (χ3v) is 4.43. The maximum Gasteiger partial charge on any atom is 0.211 e. The normalized spacial score (nSPS) is 16.7. The fraction of sp³-hybridized carbons (Fsp3) is 0.333. The fourth-order valence-electron chi connectivity index (χ4n) is 3.12. The van der Waals surface area contributed by atoms with E-state index in [9.17, 15) is 4.79 Å². The predicted octanol–water partition coefficient (Wildman–Crippen LogP) is 1.93. The maximum absolute atomic E-state index is 12.1. The first-order chi connectivity index (χ1) is 11.8. The number of rotatable bonds is 5. The highest BCUT2D eigenvalue weighted by Crippen LogP contribution is 2.11. The molecule has 0 aromatic carbocycles. The number of nitrogens with zero attached hydrogens (tertiary/aromatic N) is 4. The molecule has 0 aliphatic carbocycles. The topological polar surface area (TPSA) is 54.0 Å². The molecule has 0 atom stereocenters. The van der Waals surface area contributed by atoms with Crippen molar-refractivity contribution in [1.82, 2.24) is 19.2 Å². The molecule has 6 nitrogen and oxygen atoms in total. The molecule has 124 valence electrons. The summed E-state index contributed by atoms with van der Waals surface area (Å²) in [5.74, 6) is 0.496. The first-order valence-electron chi connectivity index (χ1n) is 8.22. The van der Waals surface area contributed by atoms with Crippen molar-refractivity contribution >= 4 is 11.4 Å². The van der Waals surface area contributed by atoms with Gasteiger partial charge < -0.3 is 8.82 Å². The van der Waals surface area contributed by atoms with Crippen LogP contribution in [0.4, 0.5) is 0 Å². The molecule has 4 rings (SSSR count). The van der Waals surface area contributed by atoms with Crippen LogP contribution in [-0.2, 0) is 6.54 Å². The Morgan fingerprint density at radius 3 is 2.67 bits per heavy atom. The molecule has 0 saturated carbocycles. The highest BCUT2D eigenvalue weighted by Gasteiger charge is 2.21. The molecule has 1 fully saturated rings. The van der Waals surface area contributed by atoms with Crippen LogP contribution in [0.25, 0.3) is 5.65 Å². The van der Waals surface area contributed by atoms with E-state index in [1.54, 1.807) is 18.4 Å². The van der Waals surface area contributed by atoms with Crippen molar-refractivity contribution in [3.8, 4) is 0 Å². The van der Waals surface area contributed by atoms with Crippen LogP contribution >= 0.6 is 0 Å². The van der Waals surface area contributed by atoms with E-state index in [-0.39, 0.29) is 5.78 Å². The number of aromatic nitrogens is 2. The third-order valence-electron chi connectivity index (χ3n) is 4.43. The fourth-order valence-corrected chi connectivity index (χ4v) is 3.12. The number of pyridine rings is 1. The number of fused-ring (bicyclic) bond motifs is 1. The van der Waals surface area contributed by atoms with Crippen molar-refractivity contribution in [1.29, 1.82) is 0 Å². The van der Waals surface area contributed by atoms with E-state index in [1.165, 1.54) is 0 Å². The number of Topliss-reactive ketones (excluding diaryl/α,β-unsaturated/α-hetero) is 1. The number of furan rings is 1. The minimum atomic E-state index is 0.0498. The van der Waals surface area contributed by atoms with Gasteiger partial charge in [-0.1, -0.05) is 6.07 Å². The minimum absolute atomic E-state index is 0.0498. The third kappa shape index (κ3) is 3.25. The van der Waals surface area contributed by atoms with Gasteiger partial charge in [-0.05, 0) is 24.3 Å². The summed E-state index contributed by atoms with van der Waals surface area (Å²) >= 11 is 0. The Kier molecular flexibility index (Phi) is 4.15. The second-order valence-electron chi connectivity index (χ2n) is 6.15. The average Bonchev–Trinajstić information content (AvgIpc) is 3.25. The molecule has 0 unspecified atom stereocenters. The molecule has 0 bridgehead atoms. The summed E-state index contributed by atoms with van der Waals surface area (Å²) in [6.07, 6.45) is 5.65. The van der Waals surface area contributed by atoms with Gasteiger partial charge in [0.05, 0.1) is 18.5 Å². The van der Waals surface area contributed by atoms with Crippen LogP contribution in [0.15, 0.2) is 53.4 Å². The number of hydrogen-bond acceptors (Lipinski definition) is 5. The number of carbonyl (C=O) groups is 1. The molecule has 0 radical (unpaired) electrons. The molecular formula is C18H20N4O2. The lowest BCUT2D eigenvalue weighted by Crippen LogP contribution is -2.47. The number of piperazine rings is 1. The number of imidazole rings is 1. The number of ketones is 1. The van der Waals surface area contributed by atoms with Crippen molar-refractivity contribution in [2.75, 3.05) is 32.7 Å². The van der Waals surface area contributed by atoms with Crippen molar-refractivity contribution in [3.05, 3.63) is 60.4 Å². The number of hydrogen-bond donors (Lipinski definition) is 0. The second-order valence-corrected chi connectivity index (χ2v) is 6.15. The molecule has 0 N–H and O–H groups in total. The quantitative estimate of drug-likeness (QED) is 0.671. The lowest BCUT2D eigenvalue weighted by atomic mass is 10.2. The molecule has 0 amide bonds. The van der Waals surface area contributed by atoms with Crippen molar-refractivity contribution in [3.63, 3.8) is 0 Å². The molecule has 3 aromatic rings. The summed E-state index contributed by atoms with van der Waals surface area (Å²) in [6, 6.07) is 9.50. The Balaban J connectivity index is 1.30. The van der Waals surface area contributed by atoms with Crippen LogP contribution in [0.1, 0.15) is 16.2 Å². The molecule has 0 spiro atoms. The molecule has 1 saturated heterocycles. The molecule has 1 aliphatic rings. The van der Waals surface area contributed by atoms with Crippen LogP contribution in [0.5, 0.6) is 0 Å². The highest BCUT2D eigenvalue weighted by atomic mass is 16.3. The summed E-state index contributed by atoms with van der Waals surface area (Å²) < 4.78 is 7.22. The zero-order valence-corrected chi connectivity index (χ0v) is 13.5. The van der Waals surface area contributed by atoms with E-state index in [0.29, 0.717) is 12.3 Å². The van der Waals surface area contributed by atoms with Crippen molar-refractivity contribution < 1.29 is 9.21 Å². The second kappa shape index (κ2) is 6.59. The van der Waals surface area contributed by atoms with E-state index in [1.807, 2.05) is 28.8 Å². The van der Waals surface area contributed by atoms with Crippen LogP contribution < -0.4 is 0 Å². The Hall–Kier alpha value is -2.44. The van der Waals surface area contributed by atoms with Gasteiger partial charge in [-0.3, -0.25) is 14.6 Å². The van der Waals surface area contributed by atoms with Gasteiger partial charge in [0.1, 0.15) is 5.65 Å². The maximum atomic E-state index is 12.1. The Labute approximate surface area is 140 Å². The summed E-state index contributed by atoms with van der Waals surface area (Å²) in [4.78, 5) is 21.3. The van der Waals surface area contributed by atoms with Gasteiger partial charge >= 0.3 is 0 Å². The van der Waals surface area contributed by atoms with Crippen LogP contribution in [0.2, 0.25) is 0 Å². The largest absolute Gasteiger partial charge is 0.461 e. The molecular weight excluding hydrogens is 304 g/mol. The molecule has 6 heteroatoms. The zero-order valence-electron chi connectivity index (χ0n) is 13.5.